The normalized spacial score (nSPS) is 10.5. The first-order valence-corrected chi connectivity index (χ1v) is 8.48. The molecule has 0 aliphatic carbocycles. The Bertz CT molecular complexity index is 719. The Hall–Kier alpha value is -2.61. The van der Waals surface area contributed by atoms with Crippen LogP contribution in [0.4, 0.5) is 9.18 Å². The molecule has 140 valence electrons. The fourth-order valence-electron chi connectivity index (χ4n) is 2.38. The summed E-state index contributed by atoms with van der Waals surface area (Å²) in [5.74, 6) is -1.50. The molecule has 0 radical (unpaired) electrons. The molecule has 0 saturated heterocycles. The summed E-state index contributed by atoms with van der Waals surface area (Å²) < 4.78 is 15.9. The number of carbonyl (C=O) groups excluding carboxylic acids is 1. The van der Waals surface area contributed by atoms with Crippen LogP contribution in [0.3, 0.4) is 0 Å². The van der Waals surface area contributed by atoms with E-state index in [4.69, 9.17) is 16.7 Å². The second-order valence-electron chi connectivity index (χ2n) is 5.65. The van der Waals surface area contributed by atoms with Gasteiger partial charge in [0.15, 0.2) is 0 Å². The lowest BCUT2D eigenvalue weighted by atomic mass is 10.2. The van der Waals surface area contributed by atoms with E-state index in [1.54, 1.807) is 18.6 Å². The molecule has 2 amide bonds. The minimum atomic E-state index is -1.01. The number of amides is 2. The maximum Gasteiger partial charge on any atom is 0.317 e. The van der Waals surface area contributed by atoms with Gasteiger partial charge in [0.1, 0.15) is 5.82 Å². The molecule has 2 aromatic rings. The Labute approximate surface area is 155 Å². The van der Waals surface area contributed by atoms with Gasteiger partial charge >= 0.3 is 12.0 Å². The summed E-state index contributed by atoms with van der Waals surface area (Å²) >= 11 is 6.05. The first kappa shape index (κ1) is 19.7. The minimum absolute atomic E-state index is 0.00279. The van der Waals surface area contributed by atoms with Crippen molar-refractivity contribution in [2.45, 2.75) is 25.9 Å². The van der Waals surface area contributed by atoms with E-state index in [0.717, 1.165) is 0 Å². The second kappa shape index (κ2) is 9.76. The van der Waals surface area contributed by atoms with Crippen molar-refractivity contribution in [3.8, 4) is 0 Å². The van der Waals surface area contributed by atoms with Crippen LogP contribution in [-0.4, -0.2) is 44.6 Å². The summed E-state index contributed by atoms with van der Waals surface area (Å²) in [5.41, 5.74) is 0.227. The van der Waals surface area contributed by atoms with Crippen molar-refractivity contribution in [1.82, 2.24) is 19.8 Å². The maximum absolute atomic E-state index is 14.0. The number of urea groups is 1. The van der Waals surface area contributed by atoms with Crippen LogP contribution in [0, 0.1) is 5.82 Å². The van der Waals surface area contributed by atoms with Crippen molar-refractivity contribution in [2.75, 3.05) is 13.1 Å². The third-order valence-electron chi connectivity index (χ3n) is 3.72. The van der Waals surface area contributed by atoms with E-state index >= 15 is 0 Å². The molecule has 0 spiro atoms. The number of nitrogens with one attached hydrogen (secondary N) is 1. The number of aryl methyl sites for hydroxylation is 1. The number of rotatable bonds is 9. The molecule has 1 aromatic heterocycles. The third-order valence-corrected chi connectivity index (χ3v) is 4.07. The first-order valence-electron chi connectivity index (χ1n) is 8.10. The van der Waals surface area contributed by atoms with Crippen LogP contribution in [0.5, 0.6) is 0 Å². The molecule has 0 bridgehead atoms. The van der Waals surface area contributed by atoms with E-state index in [-0.39, 0.29) is 30.1 Å². The van der Waals surface area contributed by atoms with Crippen LogP contribution >= 0.6 is 11.6 Å². The van der Waals surface area contributed by atoms with Gasteiger partial charge in [0.25, 0.3) is 0 Å². The largest absolute Gasteiger partial charge is 0.481 e. The zero-order valence-corrected chi connectivity index (χ0v) is 14.8. The molecule has 1 heterocycles. The van der Waals surface area contributed by atoms with Crippen LogP contribution in [-0.2, 0) is 17.9 Å². The van der Waals surface area contributed by atoms with Gasteiger partial charge in [-0.1, -0.05) is 17.7 Å². The van der Waals surface area contributed by atoms with Gasteiger partial charge in [0.05, 0.1) is 19.3 Å². The van der Waals surface area contributed by atoms with E-state index < -0.39 is 17.8 Å². The molecular formula is C17H20ClFN4O3. The van der Waals surface area contributed by atoms with Gasteiger partial charge in [-0.15, -0.1) is 0 Å². The molecule has 2 rings (SSSR count). The topological polar surface area (TPSA) is 87.5 Å². The van der Waals surface area contributed by atoms with Gasteiger partial charge in [-0.2, -0.15) is 0 Å². The molecular weight excluding hydrogens is 363 g/mol. The molecule has 2 N–H and O–H groups in total. The Morgan fingerprint density at radius 1 is 1.38 bits per heavy atom. The number of benzene rings is 1. The van der Waals surface area contributed by atoms with Crippen molar-refractivity contribution in [1.29, 1.82) is 0 Å². The summed E-state index contributed by atoms with van der Waals surface area (Å²) in [6.45, 7) is 0.983. The van der Waals surface area contributed by atoms with Crippen LogP contribution in [0.15, 0.2) is 36.9 Å². The van der Waals surface area contributed by atoms with Crippen LogP contribution in [0.2, 0.25) is 5.02 Å². The van der Waals surface area contributed by atoms with E-state index in [2.05, 4.69) is 10.3 Å². The van der Waals surface area contributed by atoms with Crippen molar-refractivity contribution in [2.24, 2.45) is 0 Å². The maximum atomic E-state index is 14.0. The molecule has 7 nitrogen and oxygen atoms in total. The molecule has 0 aliphatic heterocycles. The van der Waals surface area contributed by atoms with Crippen LogP contribution < -0.4 is 5.32 Å². The summed E-state index contributed by atoms with van der Waals surface area (Å²) in [7, 11) is 0. The third kappa shape index (κ3) is 6.03. The summed E-state index contributed by atoms with van der Waals surface area (Å²) in [6.07, 6.45) is 5.58. The highest BCUT2D eigenvalue weighted by Crippen LogP contribution is 2.21. The molecule has 0 unspecified atom stereocenters. The van der Waals surface area contributed by atoms with E-state index in [1.807, 2.05) is 10.8 Å². The van der Waals surface area contributed by atoms with Crippen LogP contribution in [0.25, 0.3) is 0 Å². The number of hydrogen-bond donors (Lipinski definition) is 2. The predicted molar refractivity (Wildman–Crippen MR) is 94.3 cm³/mol. The number of carboxylic acids is 1. The predicted octanol–water partition coefficient (Wildman–Crippen LogP) is 2.75. The highest BCUT2D eigenvalue weighted by molar-refractivity contribution is 6.31. The van der Waals surface area contributed by atoms with Gasteiger partial charge < -0.3 is 19.9 Å². The Balaban J connectivity index is 2.01. The number of imidazole rings is 1. The number of aliphatic carboxylic acids is 1. The molecule has 9 heteroatoms. The fourth-order valence-corrected chi connectivity index (χ4v) is 2.60. The summed E-state index contributed by atoms with van der Waals surface area (Å²) in [5, 5.41) is 11.5. The van der Waals surface area contributed by atoms with Crippen molar-refractivity contribution in [3.63, 3.8) is 0 Å². The lowest BCUT2D eigenvalue weighted by Gasteiger charge is -2.24. The monoisotopic (exact) mass is 382 g/mol. The lowest BCUT2D eigenvalue weighted by Crippen LogP contribution is -2.41. The number of aromatic nitrogens is 2. The van der Waals surface area contributed by atoms with Crippen LogP contribution in [0.1, 0.15) is 18.4 Å². The number of carbonyl (C=O) groups is 2. The number of hydrogen-bond acceptors (Lipinski definition) is 3. The van der Waals surface area contributed by atoms with E-state index in [0.29, 0.717) is 19.5 Å². The van der Waals surface area contributed by atoms with E-state index in [1.165, 1.54) is 17.0 Å². The standard InChI is InChI=1S/C17H20ClFN4O3/c18-14-3-1-4-15(19)13(14)11-23(17(26)21-6-5-16(24)25)9-2-8-22-10-7-20-12-22/h1,3-4,7,10,12H,2,5-6,8-9,11H2,(H,21,26)(H,24,25). The summed E-state index contributed by atoms with van der Waals surface area (Å²) in [4.78, 5) is 28.3. The number of nitrogens with zero attached hydrogens (tertiary/aromatic N) is 3. The van der Waals surface area contributed by atoms with Gasteiger partial charge in [-0.05, 0) is 18.6 Å². The van der Waals surface area contributed by atoms with Crippen molar-refractivity contribution >= 4 is 23.6 Å². The zero-order chi connectivity index (χ0) is 18.9. The van der Waals surface area contributed by atoms with Gasteiger partial charge in [0, 0.05) is 42.6 Å². The smallest absolute Gasteiger partial charge is 0.317 e. The Morgan fingerprint density at radius 2 is 2.19 bits per heavy atom. The fraction of sp³-hybridized carbons (Fsp3) is 0.353. The Kier molecular flexibility index (Phi) is 7.40. The van der Waals surface area contributed by atoms with Crippen molar-refractivity contribution < 1.29 is 19.1 Å². The quantitative estimate of drug-likeness (QED) is 0.698. The zero-order valence-electron chi connectivity index (χ0n) is 14.1. The van der Waals surface area contributed by atoms with Gasteiger partial charge in [-0.25, -0.2) is 14.2 Å². The molecule has 1 aromatic carbocycles. The average molecular weight is 383 g/mol. The molecule has 0 fully saturated rings. The van der Waals surface area contributed by atoms with Crippen molar-refractivity contribution in [3.05, 3.63) is 53.3 Å². The second-order valence-corrected chi connectivity index (χ2v) is 6.06. The first-order chi connectivity index (χ1) is 12.5. The number of halogens is 2. The van der Waals surface area contributed by atoms with E-state index in [9.17, 15) is 14.0 Å². The molecule has 0 saturated carbocycles. The number of carboxylic acid groups (broad SMARTS) is 1. The highest BCUT2D eigenvalue weighted by Gasteiger charge is 2.17. The lowest BCUT2D eigenvalue weighted by molar-refractivity contribution is -0.136. The average Bonchev–Trinajstić information content (AvgIpc) is 3.09. The summed E-state index contributed by atoms with van der Waals surface area (Å²) in [6, 6.07) is 3.88. The van der Waals surface area contributed by atoms with Gasteiger partial charge in [0.2, 0.25) is 0 Å². The SMILES string of the molecule is O=C(O)CCNC(=O)N(CCCn1ccnc1)Cc1c(F)cccc1Cl. The molecule has 0 aliphatic rings. The highest BCUT2D eigenvalue weighted by atomic mass is 35.5. The minimum Gasteiger partial charge on any atom is -0.481 e. The molecule has 0 atom stereocenters. The molecule has 26 heavy (non-hydrogen) atoms. The van der Waals surface area contributed by atoms with Gasteiger partial charge in [-0.3, -0.25) is 4.79 Å². The Morgan fingerprint density at radius 3 is 2.85 bits per heavy atom.